The van der Waals surface area contributed by atoms with Crippen LogP contribution in [0, 0.1) is 5.82 Å². The van der Waals surface area contributed by atoms with Gasteiger partial charge in [-0.2, -0.15) is 0 Å². The second-order valence-corrected chi connectivity index (χ2v) is 7.87. The van der Waals surface area contributed by atoms with E-state index in [1.807, 2.05) is 6.92 Å². The highest BCUT2D eigenvalue weighted by Gasteiger charge is 2.28. The summed E-state index contributed by atoms with van der Waals surface area (Å²) in [6.45, 7) is 9.45. The number of aromatic nitrogens is 2. The van der Waals surface area contributed by atoms with Crippen LogP contribution in [-0.4, -0.2) is 40.1 Å². The van der Waals surface area contributed by atoms with Gasteiger partial charge >= 0.3 is 0 Å². The molecule has 1 aliphatic rings. The molecule has 1 fully saturated rings. The molecule has 7 heteroatoms. The van der Waals surface area contributed by atoms with Gasteiger partial charge in [0.2, 0.25) is 0 Å². The quantitative estimate of drug-likeness (QED) is 0.798. The Bertz CT molecular complexity index is 854. The number of rotatable bonds is 5. The van der Waals surface area contributed by atoms with Gasteiger partial charge in [-0.1, -0.05) is 29.3 Å². The van der Waals surface area contributed by atoms with E-state index in [1.54, 1.807) is 10.6 Å². The molecule has 5 nitrogen and oxygen atoms in total. The molecule has 1 aromatic heterocycles. The molecular formula is C19H26BrFN4O. The van der Waals surface area contributed by atoms with E-state index in [4.69, 9.17) is 0 Å². The van der Waals surface area contributed by atoms with Crippen molar-refractivity contribution < 1.29 is 4.39 Å². The molecule has 26 heavy (non-hydrogen) atoms. The molecule has 3 rings (SSSR count). The van der Waals surface area contributed by atoms with Gasteiger partial charge < -0.3 is 5.32 Å². The molecule has 1 aliphatic heterocycles. The van der Waals surface area contributed by atoms with E-state index in [2.05, 4.69) is 45.0 Å². The van der Waals surface area contributed by atoms with E-state index in [0.717, 1.165) is 32.5 Å². The number of hydrogen-bond donors (Lipinski definition) is 1. The van der Waals surface area contributed by atoms with Crippen LogP contribution >= 0.6 is 15.9 Å². The SMILES string of the molecule is CCC[C@@H](c1nc2c(F)cc(Br)cc2c(=O)n1CC)N1CCN[C@H](C)C1. The first-order valence-corrected chi connectivity index (χ1v) is 10.1. The second kappa shape index (κ2) is 8.15. The topological polar surface area (TPSA) is 50.2 Å². The first-order chi connectivity index (χ1) is 12.5. The molecule has 1 saturated heterocycles. The van der Waals surface area contributed by atoms with Crippen LogP contribution in [0.4, 0.5) is 4.39 Å². The summed E-state index contributed by atoms with van der Waals surface area (Å²) in [7, 11) is 0. The van der Waals surface area contributed by atoms with Gasteiger partial charge in [0.05, 0.1) is 11.4 Å². The van der Waals surface area contributed by atoms with E-state index in [-0.39, 0.29) is 17.1 Å². The van der Waals surface area contributed by atoms with Crippen LogP contribution < -0.4 is 10.9 Å². The molecule has 1 aromatic carbocycles. The Labute approximate surface area is 161 Å². The molecule has 0 aliphatic carbocycles. The number of nitrogens with one attached hydrogen (secondary N) is 1. The number of nitrogens with zero attached hydrogens (tertiary/aromatic N) is 3. The smallest absolute Gasteiger partial charge is 0.261 e. The van der Waals surface area contributed by atoms with Crippen LogP contribution in [-0.2, 0) is 6.54 Å². The molecule has 2 atom stereocenters. The lowest BCUT2D eigenvalue weighted by Gasteiger charge is -2.38. The van der Waals surface area contributed by atoms with Crippen molar-refractivity contribution in [1.82, 2.24) is 19.8 Å². The monoisotopic (exact) mass is 424 g/mol. The highest BCUT2D eigenvalue weighted by atomic mass is 79.9. The van der Waals surface area contributed by atoms with Crippen LogP contribution in [0.25, 0.3) is 10.9 Å². The Hall–Kier alpha value is -1.31. The van der Waals surface area contributed by atoms with Crippen molar-refractivity contribution in [2.45, 2.75) is 52.2 Å². The molecule has 0 amide bonds. The zero-order chi connectivity index (χ0) is 18.8. The molecule has 0 spiro atoms. The fourth-order valence-corrected chi connectivity index (χ4v) is 4.25. The van der Waals surface area contributed by atoms with Gasteiger partial charge in [-0.3, -0.25) is 14.3 Å². The summed E-state index contributed by atoms with van der Waals surface area (Å²) in [4.78, 5) is 20.1. The number of piperazine rings is 1. The minimum Gasteiger partial charge on any atom is -0.312 e. The van der Waals surface area contributed by atoms with Gasteiger partial charge in [-0.05, 0) is 32.4 Å². The van der Waals surface area contributed by atoms with Crippen molar-refractivity contribution >= 4 is 26.8 Å². The first-order valence-electron chi connectivity index (χ1n) is 9.33. The summed E-state index contributed by atoms with van der Waals surface area (Å²) in [6, 6.07) is 3.43. The Morgan fingerprint density at radius 2 is 2.19 bits per heavy atom. The van der Waals surface area contributed by atoms with Crippen molar-refractivity contribution in [2.75, 3.05) is 19.6 Å². The minimum atomic E-state index is -0.458. The summed E-state index contributed by atoms with van der Waals surface area (Å²) in [5.41, 5.74) is -0.000767. The summed E-state index contributed by atoms with van der Waals surface area (Å²) in [5.74, 6) is 0.224. The van der Waals surface area contributed by atoms with E-state index < -0.39 is 5.82 Å². The highest BCUT2D eigenvalue weighted by Crippen LogP contribution is 2.27. The molecule has 2 aromatic rings. The van der Waals surface area contributed by atoms with E-state index >= 15 is 0 Å². The number of benzene rings is 1. The van der Waals surface area contributed by atoms with Gasteiger partial charge in [0.25, 0.3) is 5.56 Å². The molecule has 1 N–H and O–H groups in total. The third kappa shape index (κ3) is 3.70. The lowest BCUT2D eigenvalue weighted by atomic mass is 10.1. The maximum atomic E-state index is 14.5. The fraction of sp³-hybridized carbons (Fsp3) is 0.579. The molecular weight excluding hydrogens is 399 g/mol. The van der Waals surface area contributed by atoms with Crippen molar-refractivity contribution in [3.8, 4) is 0 Å². The lowest BCUT2D eigenvalue weighted by Crippen LogP contribution is -2.51. The minimum absolute atomic E-state index is 0.0182. The van der Waals surface area contributed by atoms with Crippen LogP contribution in [0.3, 0.4) is 0 Å². The predicted molar refractivity (Wildman–Crippen MR) is 106 cm³/mol. The van der Waals surface area contributed by atoms with Crippen LogP contribution in [0.5, 0.6) is 0 Å². The van der Waals surface area contributed by atoms with Gasteiger partial charge in [-0.25, -0.2) is 9.37 Å². The Balaban J connectivity index is 2.18. The summed E-state index contributed by atoms with van der Waals surface area (Å²) in [5, 5.41) is 3.77. The third-order valence-electron chi connectivity index (χ3n) is 5.02. The average Bonchev–Trinajstić information content (AvgIpc) is 2.60. The summed E-state index contributed by atoms with van der Waals surface area (Å²) >= 11 is 3.27. The first kappa shape index (κ1) is 19.5. The molecule has 0 radical (unpaired) electrons. The third-order valence-corrected chi connectivity index (χ3v) is 5.48. The zero-order valence-corrected chi connectivity index (χ0v) is 17.1. The maximum Gasteiger partial charge on any atom is 0.261 e. The summed E-state index contributed by atoms with van der Waals surface area (Å²) in [6.07, 6.45) is 1.87. The van der Waals surface area contributed by atoms with Crippen LogP contribution in [0.1, 0.15) is 45.5 Å². The number of halogens is 2. The summed E-state index contributed by atoms with van der Waals surface area (Å²) < 4.78 is 16.8. The predicted octanol–water partition coefficient (Wildman–Crippen LogP) is 3.45. The van der Waals surface area contributed by atoms with Gasteiger partial charge in [0.1, 0.15) is 11.3 Å². The van der Waals surface area contributed by atoms with Crippen molar-refractivity contribution in [2.24, 2.45) is 0 Å². The number of fused-ring (bicyclic) bond motifs is 1. The normalized spacial score (nSPS) is 19.8. The Morgan fingerprint density at radius 3 is 2.85 bits per heavy atom. The zero-order valence-electron chi connectivity index (χ0n) is 15.6. The largest absolute Gasteiger partial charge is 0.312 e. The molecule has 0 bridgehead atoms. The fourth-order valence-electron chi connectivity index (χ4n) is 3.82. The lowest BCUT2D eigenvalue weighted by molar-refractivity contribution is 0.132. The molecule has 0 unspecified atom stereocenters. The second-order valence-electron chi connectivity index (χ2n) is 6.96. The standard InChI is InChI=1S/C19H26BrFN4O/c1-4-6-16(24-8-7-22-12(3)11-24)18-23-17-14(19(26)25(18)5-2)9-13(20)10-15(17)21/h9-10,12,16,22H,4-8,11H2,1-3H3/t12-,16+/m1/s1. The van der Waals surface area contributed by atoms with Crippen molar-refractivity contribution in [1.29, 1.82) is 0 Å². The van der Waals surface area contributed by atoms with E-state index in [1.165, 1.54) is 6.07 Å². The maximum absolute atomic E-state index is 14.5. The van der Waals surface area contributed by atoms with Gasteiger partial charge in [0.15, 0.2) is 5.82 Å². The van der Waals surface area contributed by atoms with Crippen LogP contribution in [0.15, 0.2) is 21.4 Å². The average molecular weight is 425 g/mol. The highest BCUT2D eigenvalue weighted by molar-refractivity contribution is 9.10. The molecule has 2 heterocycles. The van der Waals surface area contributed by atoms with E-state index in [9.17, 15) is 9.18 Å². The van der Waals surface area contributed by atoms with Gasteiger partial charge in [-0.15, -0.1) is 0 Å². The van der Waals surface area contributed by atoms with Gasteiger partial charge in [0, 0.05) is 36.7 Å². The molecule has 142 valence electrons. The van der Waals surface area contributed by atoms with Crippen LogP contribution in [0.2, 0.25) is 0 Å². The van der Waals surface area contributed by atoms with Crippen molar-refractivity contribution in [3.05, 3.63) is 38.6 Å². The molecule has 0 saturated carbocycles. The number of hydrogen-bond acceptors (Lipinski definition) is 4. The Kier molecular flexibility index (Phi) is 6.10. The van der Waals surface area contributed by atoms with E-state index in [0.29, 0.717) is 28.3 Å². The Morgan fingerprint density at radius 1 is 1.42 bits per heavy atom. The van der Waals surface area contributed by atoms with Crippen molar-refractivity contribution in [3.63, 3.8) is 0 Å².